The second kappa shape index (κ2) is 6.50. The van der Waals surface area contributed by atoms with Crippen LogP contribution in [-0.4, -0.2) is 12.3 Å². The van der Waals surface area contributed by atoms with E-state index in [2.05, 4.69) is 86.0 Å². The van der Waals surface area contributed by atoms with Gasteiger partial charge in [-0.05, 0) is 0 Å². The second-order valence-electron chi connectivity index (χ2n) is 4.80. The number of rotatable bonds is 6. The standard InChI is InChI=1S/C18H21P/c1-3-15-19(16-4-2,17-11-7-5-8-12-17)18-13-9-6-10-14-18/h3-14,19H,1-2,15-16H2. The second-order valence-corrected chi connectivity index (χ2v) is 8.94. The van der Waals surface area contributed by atoms with Crippen molar-refractivity contribution >= 4 is 17.9 Å². The minimum absolute atomic E-state index is 1.05. The van der Waals surface area contributed by atoms with Crippen molar-refractivity contribution in [2.24, 2.45) is 0 Å². The first-order valence-electron chi connectivity index (χ1n) is 6.66. The quantitative estimate of drug-likeness (QED) is 0.553. The summed E-state index contributed by atoms with van der Waals surface area (Å²) >= 11 is 0. The first-order valence-corrected chi connectivity index (χ1v) is 9.08. The van der Waals surface area contributed by atoms with Gasteiger partial charge in [0.2, 0.25) is 0 Å². The van der Waals surface area contributed by atoms with Crippen molar-refractivity contribution in [3.63, 3.8) is 0 Å². The third kappa shape index (κ3) is 2.85. The summed E-state index contributed by atoms with van der Waals surface area (Å²) in [7, 11) is -1.78. The molecule has 0 unspecified atom stereocenters. The van der Waals surface area contributed by atoms with Gasteiger partial charge in [-0.2, -0.15) is 0 Å². The number of hydrogen-bond donors (Lipinski definition) is 0. The summed E-state index contributed by atoms with van der Waals surface area (Å²) < 4.78 is 0. The summed E-state index contributed by atoms with van der Waals surface area (Å²) in [6.07, 6.45) is 6.23. The fourth-order valence-electron chi connectivity index (χ4n) is 2.73. The Morgan fingerprint density at radius 1 is 0.684 bits per heavy atom. The summed E-state index contributed by atoms with van der Waals surface area (Å²) in [4.78, 5) is 0. The van der Waals surface area contributed by atoms with E-state index in [4.69, 9.17) is 0 Å². The molecule has 2 rings (SSSR count). The topological polar surface area (TPSA) is 0 Å². The van der Waals surface area contributed by atoms with Gasteiger partial charge in [-0.1, -0.05) is 0 Å². The number of allylic oxidation sites excluding steroid dienone is 2. The summed E-state index contributed by atoms with van der Waals surface area (Å²) in [5.41, 5.74) is 0. The van der Waals surface area contributed by atoms with Gasteiger partial charge in [-0.25, -0.2) is 0 Å². The molecule has 0 aliphatic heterocycles. The molecule has 2 aromatic rings. The normalized spacial score (nSPS) is 11.8. The summed E-state index contributed by atoms with van der Waals surface area (Å²) in [6, 6.07) is 21.7. The van der Waals surface area contributed by atoms with Crippen molar-refractivity contribution in [2.75, 3.05) is 12.3 Å². The molecule has 0 atom stereocenters. The SMILES string of the molecule is C=CC[PH](CC=C)(c1ccccc1)c1ccccc1. The summed E-state index contributed by atoms with van der Waals surface area (Å²) in [6.45, 7) is 7.96. The van der Waals surface area contributed by atoms with E-state index in [0.717, 1.165) is 12.3 Å². The van der Waals surface area contributed by atoms with Gasteiger partial charge in [0.25, 0.3) is 0 Å². The van der Waals surface area contributed by atoms with Crippen molar-refractivity contribution in [1.29, 1.82) is 0 Å². The Morgan fingerprint density at radius 3 is 1.37 bits per heavy atom. The molecule has 0 aliphatic rings. The fourth-order valence-corrected chi connectivity index (χ4v) is 6.82. The Kier molecular flexibility index (Phi) is 4.71. The molecule has 0 aromatic heterocycles. The molecule has 2 aromatic carbocycles. The van der Waals surface area contributed by atoms with Gasteiger partial charge >= 0.3 is 116 Å². The maximum absolute atomic E-state index is 3.98. The van der Waals surface area contributed by atoms with Crippen molar-refractivity contribution < 1.29 is 0 Å². The van der Waals surface area contributed by atoms with E-state index in [0.29, 0.717) is 0 Å². The van der Waals surface area contributed by atoms with Crippen LogP contribution in [0.5, 0.6) is 0 Å². The summed E-state index contributed by atoms with van der Waals surface area (Å²) in [5, 5.41) is 2.92. The fraction of sp³-hybridized carbons (Fsp3) is 0.111. The molecule has 0 heterocycles. The third-order valence-corrected chi connectivity index (χ3v) is 8.49. The molecule has 0 radical (unpaired) electrons. The molecule has 0 aliphatic carbocycles. The van der Waals surface area contributed by atoms with E-state index in [1.807, 2.05) is 0 Å². The predicted molar refractivity (Wildman–Crippen MR) is 90.6 cm³/mol. The Balaban J connectivity index is 2.60. The van der Waals surface area contributed by atoms with Crippen LogP contribution in [-0.2, 0) is 0 Å². The zero-order chi connectivity index (χ0) is 13.6. The van der Waals surface area contributed by atoms with Crippen LogP contribution in [0.1, 0.15) is 0 Å². The molecule has 0 bridgehead atoms. The zero-order valence-electron chi connectivity index (χ0n) is 11.3. The molecule has 0 amide bonds. The average molecular weight is 268 g/mol. The van der Waals surface area contributed by atoms with Crippen molar-refractivity contribution in [1.82, 2.24) is 0 Å². The molecule has 0 spiro atoms. The molecule has 0 saturated carbocycles. The molecule has 0 fully saturated rings. The van der Waals surface area contributed by atoms with Gasteiger partial charge in [0.05, 0.1) is 0 Å². The monoisotopic (exact) mass is 268 g/mol. The van der Waals surface area contributed by atoms with E-state index < -0.39 is 7.26 Å². The van der Waals surface area contributed by atoms with Crippen LogP contribution in [0.3, 0.4) is 0 Å². The molecular weight excluding hydrogens is 247 g/mol. The molecule has 0 nitrogen and oxygen atoms in total. The van der Waals surface area contributed by atoms with E-state index in [1.54, 1.807) is 0 Å². The van der Waals surface area contributed by atoms with Crippen LogP contribution < -0.4 is 10.6 Å². The third-order valence-electron chi connectivity index (χ3n) is 3.64. The van der Waals surface area contributed by atoms with Crippen LogP contribution in [0, 0.1) is 0 Å². The van der Waals surface area contributed by atoms with Crippen molar-refractivity contribution in [3.8, 4) is 0 Å². The van der Waals surface area contributed by atoms with Gasteiger partial charge in [0, 0.05) is 0 Å². The van der Waals surface area contributed by atoms with E-state index in [9.17, 15) is 0 Å². The van der Waals surface area contributed by atoms with E-state index in [-0.39, 0.29) is 0 Å². The Labute approximate surface area is 116 Å². The average Bonchev–Trinajstić information content (AvgIpc) is 2.49. The minimum atomic E-state index is -1.78. The molecule has 0 saturated heterocycles. The van der Waals surface area contributed by atoms with Gasteiger partial charge in [-0.3, -0.25) is 0 Å². The Bertz CT molecular complexity index is 477. The maximum atomic E-state index is 3.98. The zero-order valence-corrected chi connectivity index (χ0v) is 12.3. The van der Waals surface area contributed by atoms with Crippen LogP contribution in [0.4, 0.5) is 0 Å². The molecule has 0 N–H and O–H groups in total. The van der Waals surface area contributed by atoms with Crippen molar-refractivity contribution in [3.05, 3.63) is 86.0 Å². The van der Waals surface area contributed by atoms with Crippen LogP contribution in [0.2, 0.25) is 0 Å². The predicted octanol–water partition coefficient (Wildman–Crippen LogP) is 3.76. The Morgan fingerprint density at radius 2 is 1.05 bits per heavy atom. The van der Waals surface area contributed by atoms with Gasteiger partial charge in [-0.15, -0.1) is 0 Å². The van der Waals surface area contributed by atoms with Crippen LogP contribution >= 0.6 is 7.26 Å². The number of hydrogen-bond acceptors (Lipinski definition) is 0. The molecule has 19 heavy (non-hydrogen) atoms. The van der Waals surface area contributed by atoms with E-state index >= 15 is 0 Å². The number of benzene rings is 2. The van der Waals surface area contributed by atoms with Gasteiger partial charge in [0.1, 0.15) is 0 Å². The van der Waals surface area contributed by atoms with Gasteiger partial charge < -0.3 is 0 Å². The molecular formula is C18H21P. The van der Waals surface area contributed by atoms with Gasteiger partial charge in [0.15, 0.2) is 0 Å². The summed E-state index contributed by atoms with van der Waals surface area (Å²) in [5.74, 6) is 0. The first-order chi connectivity index (χ1) is 9.33. The first kappa shape index (κ1) is 13.8. The van der Waals surface area contributed by atoms with Crippen molar-refractivity contribution in [2.45, 2.75) is 0 Å². The molecule has 1 heteroatoms. The van der Waals surface area contributed by atoms with E-state index in [1.165, 1.54) is 10.6 Å². The molecule has 98 valence electrons. The van der Waals surface area contributed by atoms with Crippen LogP contribution in [0.15, 0.2) is 86.0 Å². The van der Waals surface area contributed by atoms with Crippen LogP contribution in [0.25, 0.3) is 0 Å². The Hall–Kier alpha value is -1.65.